The van der Waals surface area contributed by atoms with E-state index in [4.69, 9.17) is 9.47 Å². The van der Waals surface area contributed by atoms with Gasteiger partial charge in [0.05, 0.1) is 13.2 Å². The molecule has 6 atom stereocenters. The lowest BCUT2D eigenvalue weighted by Crippen LogP contribution is -2.43. The van der Waals surface area contributed by atoms with Crippen LogP contribution in [-0.2, 0) is 9.47 Å². The van der Waals surface area contributed by atoms with E-state index in [1.807, 2.05) is 0 Å². The number of rotatable bonds is 4. The third kappa shape index (κ3) is 5.32. The zero-order valence-corrected chi connectivity index (χ0v) is 19.7. The number of ether oxygens (including phenoxy) is 2. The topological polar surface area (TPSA) is 18.5 Å². The molecule has 1 saturated heterocycles. The standard InChI is InChI=1S/C27H40F4O2/c28-23-11-19(9-10-22(23)20-12-24(29)26(31)25(30)13-20)17-5-7-18(8-6-17)27-32-14-21(15-33-27)16-3-1-2-4-16/h5,16,18-27H,1-4,6-15H2. The van der Waals surface area contributed by atoms with E-state index >= 15 is 4.39 Å². The van der Waals surface area contributed by atoms with E-state index in [0.29, 0.717) is 24.7 Å². The molecular formula is C27H40F4O2. The molecule has 0 aromatic carbocycles. The van der Waals surface area contributed by atoms with Crippen molar-refractivity contribution in [1.82, 2.24) is 0 Å². The number of allylic oxidation sites excluding steroid dienone is 2. The highest BCUT2D eigenvalue weighted by Crippen LogP contribution is 2.46. The van der Waals surface area contributed by atoms with Gasteiger partial charge < -0.3 is 9.47 Å². The summed E-state index contributed by atoms with van der Waals surface area (Å²) in [6, 6.07) is 0. The van der Waals surface area contributed by atoms with Crippen LogP contribution in [0.15, 0.2) is 11.6 Å². The maximum absolute atomic E-state index is 15.1. The van der Waals surface area contributed by atoms with Crippen LogP contribution in [0.3, 0.4) is 0 Å². The largest absolute Gasteiger partial charge is 0.352 e. The predicted octanol–water partition coefficient (Wildman–Crippen LogP) is 7.07. The van der Waals surface area contributed by atoms with Gasteiger partial charge in [-0.15, -0.1) is 0 Å². The lowest BCUT2D eigenvalue weighted by molar-refractivity contribution is -0.231. The minimum absolute atomic E-state index is 0.0370. The first-order valence-electron chi connectivity index (χ1n) is 13.5. The lowest BCUT2D eigenvalue weighted by atomic mass is 9.67. The Labute approximate surface area is 195 Å². The molecule has 5 rings (SSSR count). The minimum Gasteiger partial charge on any atom is -0.352 e. The Morgan fingerprint density at radius 2 is 1.36 bits per heavy atom. The first-order chi connectivity index (χ1) is 16.0. The molecule has 1 heterocycles. The van der Waals surface area contributed by atoms with Crippen LogP contribution in [0.25, 0.3) is 0 Å². The summed E-state index contributed by atoms with van der Waals surface area (Å²) in [6.07, 6.45) is 5.55. The normalized spacial score (nSPS) is 47.9. The Kier molecular flexibility index (Phi) is 7.71. The molecule has 6 heteroatoms. The molecule has 6 unspecified atom stereocenters. The van der Waals surface area contributed by atoms with Gasteiger partial charge >= 0.3 is 0 Å². The summed E-state index contributed by atoms with van der Waals surface area (Å²) in [6.45, 7) is 1.64. The van der Waals surface area contributed by atoms with E-state index in [-0.39, 0.29) is 36.9 Å². The van der Waals surface area contributed by atoms with E-state index < -0.39 is 24.7 Å². The van der Waals surface area contributed by atoms with Gasteiger partial charge in [-0.25, -0.2) is 17.6 Å². The molecular weight excluding hydrogens is 432 g/mol. The zero-order chi connectivity index (χ0) is 22.9. The molecule has 0 aromatic heterocycles. The van der Waals surface area contributed by atoms with Crippen LogP contribution in [0, 0.1) is 35.5 Å². The van der Waals surface area contributed by atoms with Crippen LogP contribution in [-0.4, -0.2) is 44.2 Å². The van der Waals surface area contributed by atoms with Crippen molar-refractivity contribution in [3.63, 3.8) is 0 Å². The van der Waals surface area contributed by atoms with Crippen molar-refractivity contribution in [2.45, 2.75) is 108 Å². The average Bonchev–Trinajstić information content (AvgIpc) is 3.37. The van der Waals surface area contributed by atoms with Gasteiger partial charge in [-0.05, 0) is 75.0 Å². The monoisotopic (exact) mass is 472 g/mol. The predicted molar refractivity (Wildman–Crippen MR) is 120 cm³/mol. The summed E-state index contributed by atoms with van der Waals surface area (Å²) >= 11 is 0. The highest BCUT2D eigenvalue weighted by Gasteiger charge is 2.45. The van der Waals surface area contributed by atoms with Crippen LogP contribution < -0.4 is 0 Å². The van der Waals surface area contributed by atoms with Gasteiger partial charge in [0, 0.05) is 11.8 Å². The third-order valence-electron chi connectivity index (χ3n) is 9.59. The molecule has 188 valence electrons. The fourth-order valence-electron chi connectivity index (χ4n) is 7.52. The van der Waals surface area contributed by atoms with Gasteiger partial charge in [-0.1, -0.05) is 37.3 Å². The van der Waals surface area contributed by atoms with Crippen molar-refractivity contribution in [2.75, 3.05) is 13.2 Å². The fourth-order valence-corrected chi connectivity index (χ4v) is 7.52. The molecule has 33 heavy (non-hydrogen) atoms. The Hall–Kier alpha value is -0.620. The Bertz CT molecular complexity index is 661. The number of hydrogen-bond donors (Lipinski definition) is 0. The van der Waals surface area contributed by atoms with Crippen LogP contribution in [0.5, 0.6) is 0 Å². The van der Waals surface area contributed by atoms with Gasteiger partial charge in [0.15, 0.2) is 12.5 Å². The van der Waals surface area contributed by atoms with Crippen molar-refractivity contribution >= 4 is 0 Å². The zero-order valence-electron chi connectivity index (χ0n) is 19.7. The molecule has 4 fully saturated rings. The molecule has 0 radical (unpaired) electrons. The summed E-state index contributed by atoms with van der Waals surface area (Å²) in [7, 11) is 0. The number of hydrogen-bond acceptors (Lipinski definition) is 2. The van der Waals surface area contributed by atoms with E-state index in [1.54, 1.807) is 0 Å². The summed E-state index contributed by atoms with van der Waals surface area (Å²) in [5.41, 5.74) is 1.34. The highest BCUT2D eigenvalue weighted by atomic mass is 19.2. The molecule has 3 saturated carbocycles. The van der Waals surface area contributed by atoms with Gasteiger partial charge in [0.25, 0.3) is 0 Å². The molecule has 0 bridgehead atoms. The maximum Gasteiger partial charge on any atom is 0.162 e. The van der Waals surface area contributed by atoms with Crippen LogP contribution in [0.1, 0.15) is 77.0 Å². The van der Waals surface area contributed by atoms with Crippen molar-refractivity contribution in [2.24, 2.45) is 35.5 Å². The molecule has 5 aliphatic rings. The van der Waals surface area contributed by atoms with Gasteiger partial charge in [0.1, 0.15) is 18.5 Å². The van der Waals surface area contributed by atoms with Gasteiger partial charge in [-0.3, -0.25) is 0 Å². The van der Waals surface area contributed by atoms with Crippen molar-refractivity contribution in [3.8, 4) is 0 Å². The minimum atomic E-state index is -2.04. The second-order valence-electron chi connectivity index (χ2n) is 11.6. The third-order valence-corrected chi connectivity index (χ3v) is 9.59. The van der Waals surface area contributed by atoms with E-state index in [2.05, 4.69) is 6.08 Å². The molecule has 4 aliphatic carbocycles. The van der Waals surface area contributed by atoms with Crippen LogP contribution in [0.4, 0.5) is 17.6 Å². The highest BCUT2D eigenvalue weighted by molar-refractivity contribution is 5.13. The first-order valence-corrected chi connectivity index (χ1v) is 13.5. The Balaban J connectivity index is 1.09. The Morgan fingerprint density at radius 1 is 0.667 bits per heavy atom. The second kappa shape index (κ2) is 10.6. The van der Waals surface area contributed by atoms with Crippen molar-refractivity contribution < 1.29 is 27.0 Å². The average molecular weight is 473 g/mol. The van der Waals surface area contributed by atoms with Crippen LogP contribution in [0.2, 0.25) is 0 Å². The number of halogens is 4. The smallest absolute Gasteiger partial charge is 0.162 e. The number of alkyl halides is 4. The molecule has 1 aliphatic heterocycles. The van der Waals surface area contributed by atoms with E-state index in [1.165, 1.54) is 31.3 Å². The summed E-state index contributed by atoms with van der Waals surface area (Å²) in [5, 5.41) is 0. The molecule has 0 N–H and O–H groups in total. The SMILES string of the molecule is FC1CC(C2CCC(C3=CCC(C4OCC(C5CCCC5)CO4)CC3)CC2F)CC(F)C1F. The first kappa shape index (κ1) is 24.1. The van der Waals surface area contributed by atoms with Crippen molar-refractivity contribution in [1.29, 1.82) is 0 Å². The second-order valence-corrected chi connectivity index (χ2v) is 11.6. The summed E-state index contributed by atoms with van der Waals surface area (Å²) in [5.74, 6) is 1.20. The molecule has 0 aromatic rings. The maximum atomic E-state index is 15.1. The van der Waals surface area contributed by atoms with Crippen molar-refractivity contribution in [3.05, 3.63) is 11.6 Å². The fraction of sp³-hybridized carbons (Fsp3) is 0.926. The lowest BCUT2D eigenvalue weighted by Gasteiger charge is -2.42. The van der Waals surface area contributed by atoms with Gasteiger partial charge in [0.2, 0.25) is 0 Å². The molecule has 0 spiro atoms. The van der Waals surface area contributed by atoms with Gasteiger partial charge in [-0.2, -0.15) is 0 Å². The molecule has 0 amide bonds. The summed E-state index contributed by atoms with van der Waals surface area (Å²) < 4.78 is 68.6. The quantitative estimate of drug-likeness (QED) is 0.322. The summed E-state index contributed by atoms with van der Waals surface area (Å²) in [4.78, 5) is 0. The van der Waals surface area contributed by atoms with E-state index in [0.717, 1.165) is 44.8 Å². The van der Waals surface area contributed by atoms with E-state index in [9.17, 15) is 13.2 Å². The van der Waals surface area contributed by atoms with Crippen LogP contribution >= 0.6 is 0 Å². The Morgan fingerprint density at radius 3 is 1.97 bits per heavy atom. The molecule has 2 nitrogen and oxygen atoms in total.